The fourth-order valence-corrected chi connectivity index (χ4v) is 3.50. The van der Waals surface area contributed by atoms with E-state index in [1.807, 2.05) is 36.4 Å². The molecule has 4 nitrogen and oxygen atoms in total. The predicted octanol–water partition coefficient (Wildman–Crippen LogP) is 1.85. The smallest absolute Gasteiger partial charge is 0.306 e. The maximum absolute atomic E-state index is 11.3. The maximum atomic E-state index is 11.3. The van der Waals surface area contributed by atoms with Gasteiger partial charge >= 0.3 is 5.97 Å². The molecule has 5 atom stereocenters. The Morgan fingerprint density at radius 2 is 2.09 bits per heavy atom. The van der Waals surface area contributed by atoms with Crippen molar-refractivity contribution in [2.75, 3.05) is 0 Å². The second kappa shape index (κ2) is 6.63. The van der Waals surface area contributed by atoms with E-state index in [0.717, 1.165) is 6.42 Å². The average Bonchev–Trinajstić information content (AvgIpc) is 2.99. The van der Waals surface area contributed by atoms with Gasteiger partial charge in [0.1, 0.15) is 6.10 Å². The van der Waals surface area contributed by atoms with Gasteiger partial charge in [-0.05, 0) is 18.4 Å². The minimum atomic E-state index is -0.538. The van der Waals surface area contributed by atoms with E-state index < -0.39 is 12.2 Å². The molecule has 3 rings (SSSR count). The normalized spacial score (nSPS) is 32.2. The SMILES string of the molecule is O=C1C[C@@H]2[C@@H](C=C[C@H](O)CCc3ccccc3)[C@H](O)C[C@@H]2O1. The zero-order valence-electron chi connectivity index (χ0n) is 12.5. The van der Waals surface area contributed by atoms with Gasteiger partial charge in [-0.2, -0.15) is 0 Å². The molecular formula is C18H22O4. The molecule has 0 amide bonds. The van der Waals surface area contributed by atoms with Crippen LogP contribution in [0.3, 0.4) is 0 Å². The van der Waals surface area contributed by atoms with E-state index in [9.17, 15) is 15.0 Å². The van der Waals surface area contributed by atoms with E-state index >= 15 is 0 Å². The van der Waals surface area contributed by atoms with Gasteiger partial charge in [0, 0.05) is 18.3 Å². The molecule has 0 bridgehead atoms. The lowest BCUT2D eigenvalue weighted by molar-refractivity contribution is -0.141. The summed E-state index contributed by atoms with van der Waals surface area (Å²) in [5, 5.41) is 20.2. The molecule has 22 heavy (non-hydrogen) atoms. The van der Waals surface area contributed by atoms with E-state index in [2.05, 4.69) is 0 Å². The molecule has 1 aromatic rings. The number of carbonyl (C=O) groups is 1. The average molecular weight is 302 g/mol. The zero-order chi connectivity index (χ0) is 15.5. The van der Waals surface area contributed by atoms with E-state index in [4.69, 9.17) is 4.74 Å². The highest BCUT2D eigenvalue weighted by atomic mass is 16.6. The lowest BCUT2D eigenvalue weighted by atomic mass is 9.91. The second-order valence-electron chi connectivity index (χ2n) is 6.25. The molecule has 2 fully saturated rings. The highest BCUT2D eigenvalue weighted by molar-refractivity contribution is 5.72. The molecule has 118 valence electrons. The van der Waals surface area contributed by atoms with Gasteiger partial charge in [0.25, 0.3) is 0 Å². The first-order valence-electron chi connectivity index (χ1n) is 7.91. The molecule has 4 heteroatoms. The van der Waals surface area contributed by atoms with E-state index in [1.54, 1.807) is 6.08 Å². The van der Waals surface area contributed by atoms with Crippen LogP contribution in [0.15, 0.2) is 42.5 Å². The van der Waals surface area contributed by atoms with Gasteiger partial charge in [-0.25, -0.2) is 0 Å². The van der Waals surface area contributed by atoms with E-state index in [-0.39, 0.29) is 23.9 Å². The van der Waals surface area contributed by atoms with Crippen LogP contribution in [0.4, 0.5) is 0 Å². The summed E-state index contributed by atoms with van der Waals surface area (Å²) in [6.45, 7) is 0. The molecule has 2 N–H and O–H groups in total. The number of ether oxygens (including phenoxy) is 1. The van der Waals surface area contributed by atoms with Crippen LogP contribution < -0.4 is 0 Å². The molecule has 1 aliphatic carbocycles. The molecule has 0 aromatic heterocycles. The lowest BCUT2D eigenvalue weighted by Gasteiger charge is -2.15. The molecule has 1 heterocycles. The molecule has 0 spiro atoms. The Morgan fingerprint density at radius 3 is 2.86 bits per heavy atom. The van der Waals surface area contributed by atoms with Crippen LogP contribution >= 0.6 is 0 Å². The number of aliphatic hydroxyl groups is 2. The van der Waals surface area contributed by atoms with E-state index in [0.29, 0.717) is 19.3 Å². The summed E-state index contributed by atoms with van der Waals surface area (Å²) in [5.41, 5.74) is 1.20. The van der Waals surface area contributed by atoms with Gasteiger partial charge in [-0.3, -0.25) is 4.79 Å². The van der Waals surface area contributed by atoms with Crippen molar-refractivity contribution in [3.8, 4) is 0 Å². The quantitative estimate of drug-likeness (QED) is 0.643. The number of rotatable bonds is 5. The summed E-state index contributed by atoms with van der Waals surface area (Å²) >= 11 is 0. The number of aliphatic hydroxyl groups excluding tert-OH is 2. The fraction of sp³-hybridized carbons (Fsp3) is 0.500. The molecule has 0 unspecified atom stereocenters. The first-order chi connectivity index (χ1) is 10.6. The molecule has 0 radical (unpaired) electrons. The largest absolute Gasteiger partial charge is 0.462 e. The van der Waals surface area contributed by atoms with Crippen molar-refractivity contribution in [1.82, 2.24) is 0 Å². The van der Waals surface area contributed by atoms with Crippen molar-refractivity contribution < 1.29 is 19.7 Å². The summed E-state index contributed by atoms with van der Waals surface area (Å²) in [5.74, 6) is -0.215. The summed E-state index contributed by atoms with van der Waals surface area (Å²) in [6, 6.07) is 10.0. The molecule has 1 saturated carbocycles. The Bertz CT molecular complexity index is 539. The third kappa shape index (κ3) is 3.39. The molecule has 2 aliphatic rings. The van der Waals surface area contributed by atoms with Crippen LogP contribution in [0.25, 0.3) is 0 Å². The molecule has 1 aliphatic heterocycles. The number of fused-ring (bicyclic) bond motifs is 1. The first-order valence-corrected chi connectivity index (χ1v) is 7.91. The Kier molecular flexibility index (Phi) is 4.60. The molecule has 1 saturated heterocycles. The number of hydrogen-bond donors (Lipinski definition) is 2. The first kappa shape index (κ1) is 15.3. The highest BCUT2D eigenvalue weighted by Gasteiger charge is 2.48. The Labute approximate surface area is 130 Å². The third-order valence-electron chi connectivity index (χ3n) is 4.70. The van der Waals surface area contributed by atoms with Crippen LogP contribution in [0.5, 0.6) is 0 Å². The van der Waals surface area contributed by atoms with Crippen LogP contribution in [-0.2, 0) is 16.0 Å². The topological polar surface area (TPSA) is 66.8 Å². The molecular weight excluding hydrogens is 280 g/mol. The van der Waals surface area contributed by atoms with Gasteiger partial charge in [0.15, 0.2) is 0 Å². The summed E-state index contributed by atoms with van der Waals surface area (Å²) in [4.78, 5) is 11.3. The van der Waals surface area contributed by atoms with Gasteiger partial charge in [-0.15, -0.1) is 0 Å². The Balaban J connectivity index is 1.53. The fourth-order valence-electron chi connectivity index (χ4n) is 3.50. The van der Waals surface area contributed by atoms with Crippen LogP contribution in [0.1, 0.15) is 24.8 Å². The number of carbonyl (C=O) groups excluding carboxylic acids is 1. The van der Waals surface area contributed by atoms with Crippen molar-refractivity contribution >= 4 is 5.97 Å². The molecule has 1 aromatic carbocycles. The van der Waals surface area contributed by atoms with Crippen LogP contribution in [-0.4, -0.2) is 34.5 Å². The van der Waals surface area contributed by atoms with Crippen molar-refractivity contribution in [2.45, 2.75) is 44.0 Å². The van der Waals surface area contributed by atoms with Crippen molar-refractivity contribution in [1.29, 1.82) is 0 Å². The van der Waals surface area contributed by atoms with Gasteiger partial charge < -0.3 is 14.9 Å². The zero-order valence-corrected chi connectivity index (χ0v) is 12.5. The Hall–Kier alpha value is -1.65. The highest BCUT2D eigenvalue weighted by Crippen LogP contribution is 2.42. The van der Waals surface area contributed by atoms with Crippen LogP contribution in [0.2, 0.25) is 0 Å². The number of benzene rings is 1. The minimum Gasteiger partial charge on any atom is -0.462 e. The van der Waals surface area contributed by atoms with Gasteiger partial charge in [0.05, 0.1) is 18.6 Å². The monoisotopic (exact) mass is 302 g/mol. The predicted molar refractivity (Wildman–Crippen MR) is 82.0 cm³/mol. The summed E-state index contributed by atoms with van der Waals surface area (Å²) in [7, 11) is 0. The minimum absolute atomic E-state index is 0.0556. The summed E-state index contributed by atoms with van der Waals surface area (Å²) in [6.07, 6.45) is 4.78. The van der Waals surface area contributed by atoms with Gasteiger partial charge in [-0.1, -0.05) is 42.5 Å². The van der Waals surface area contributed by atoms with Crippen molar-refractivity contribution in [3.05, 3.63) is 48.0 Å². The van der Waals surface area contributed by atoms with E-state index in [1.165, 1.54) is 5.56 Å². The lowest BCUT2D eigenvalue weighted by Crippen LogP contribution is -2.18. The number of hydrogen-bond acceptors (Lipinski definition) is 4. The third-order valence-corrected chi connectivity index (χ3v) is 4.70. The Morgan fingerprint density at radius 1 is 1.32 bits per heavy atom. The number of esters is 1. The maximum Gasteiger partial charge on any atom is 0.306 e. The second-order valence-corrected chi connectivity index (χ2v) is 6.25. The van der Waals surface area contributed by atoms with Crippen molar-refractivity contribution in [3.63, 3.8) is 0 Å². The summed E-state index contributed by atoms with van der Waals surface area (Å²) < 4.78 is 5.20. The number of aryl methyl sites for hydroxylation is 1. The van der Waals surface area contributed by atoms with Gasteiger partial charge in [0.2, 0.25) is 0 Å². The van der Waals surface area contributed by atoms with Crippen LogP contribution in [0, 0.1) is 11.8 Å². The van der Waals surface area contributed by atoms with Crippen molar-refractivity contribution in [2.24, 2.45) is 11.8 Å². The standard InChI is InChI=1S/C18H22O4/c19-13(7-6-12-4-2-1-3-5-12)8-9-14-15-10-18(21)22-17(15)11-16(14)20/h1-5,8-9,13-17,19-20H,6-7,10-11H2/t13-,14-,15-,16-,17+/m1/s1.